The predicted octanol–water partition coefficient (Wildman–Crippen LogP) is 2.74. The van der Waals surface area contributed by atoms with Gasteiger partial charge in [-0.15, -0.1) is 0 Å². The summed E-state index contributed by atoms with van der Waals surface area (Å²) in [6.45, 7) is 2.11. The maximum absolute atomic E-state index is 11.1. The van der Waals surface area contributed by atoms with Crippen LogP contribution in [0, 0.1) is 0 Å². The third-order valence-electron chi connectivity index (χ3n) is 2.96. The average molecular weight is 255 g/mol. The van der Waals surface area contributed by atoms with E-state index in [1.807, 2.05) is 24.3 Å². The number of aromatic nitrogens is 1. The minimum absolute atomic E-state index is 0.198. The van der Waals surface area contributed by atoms with E-state index in [2.05, 4.69) is 29.4 Å². The number of anilines is 1. The van der Waals surface area contributed by atoms with Gasteiger partial charge in [0.25, 0.3) is 5.91 Å². The molecule has 0 fully saturated rings. The molecule has 1 amide bonds. The van der Waals surface area contributed by atoms with E-state index in [9.17, 15) is 4.79 Å². The summed E-state index contributed by atoms with van der Waals surface area (Å²) in [5.41, 5.74) is 7.56. The summed E-state index contributed by atoms with van der Waals surface area (Å²) in [7, 11) is 0. The smallest absolute Gasteiger partial charge is 0.267 e. The van der Waals surface area contributed by atoms with Crippen LogP contribution in [-0.2, 0) is 0 Å². The Kier molecular flexibility index (Phi) is 4.13. The van der Waals surface area contributed by atoms with Crippen molar-refractivity contribution < 1.29 is 4.79 Å². The molecule has 0 saturated heterocycles. The van der Waals surface area contributed by atoms with Gasteiger partial charge in [0.15, 0.2) is 0 Å². The SMILES string of the molecule is CCC(Nc1ccnc(C(N)=O)c1)c1ccccc1. The first-order chi connectivity index (χ1) is 9.20. The summed E-state index contributed by atoms with van der Waals surface area (Å²) in [5, 5.41) is 3.39. The lowest BCUT2D eigenvalue weighted by Gasteiger charge is -2.18. The van der Waals surface area contributed by atoms with Crippen LogP contribution >= 0.6 is 0 Å². The minimum atomic E-state index is -0.517. The zero-order valence-electron chi connectivity index (χ0n) is 10.8. The van der Waals surface area contributed by atoms with Gasteiger partial charge >= 0.3 is 0 Å². The number of carbonyl (C=O) groups is 1. The first kappa shape index (κ1) is 13.1. The van der Waals surface area contributed by atoms with E-state index in [1.165, 1.54) is 5.56 Å². The maximum atomic E-state index is 11.1. The summed E-state index contributed by atoms with van der Waals surface area (Å²) in [4.78, 5) is 15.0. The monoisotopic (exact) mass is 255 g/mol. The molecule has 19 heavy (non-hydrogen) atoms. The molecule has 2 rings (SSSR count). The second-order valence-corrected chi connectivity index (χ2v) is 4.31. The first-order valence-corrected chi connectivity index (χ1v) is 6.28. The molecule has 0 bridgehead atoms. The Bertz CT molecular complexity index is 554. The van der Waals surface area contributed by atoms with E-state index in [-0.39, 0.29) is 11.7 Å². The molecular weight excluding hydrogens is 238 g/mol. The number of hydrogen-bond donors (Lipinski definition) is 2. The van der Waals surface area contributed by atoms with Crippen molar-refractivity contribution in [1.29, 1.82) is 0 Å². The molecule has 98 valence electrons. The van der Waals surface area contributed by atoms with Crippen LogP contribution in [0.25, 0.3) is 0 Å². The van der Waals surface area contributed by atoms with E-state index in [0.717, 1.165) is 12.1 Å². The minimum Gasteiger partial charge on any atom is -0.378 e. The van der Waals surface area contributed by atoms with Gasteiger partial charge in [-0.2, -0.15) is 0 Å². The van der Waals surface area contributed by atoms with Crippen molar-refractivity contribution >= 4 is 11.6 Å². The lowest BCUT2D eigenvalue weighted by molar-refractivity contribution is 0.0995. The Morgan fingerprint density at radius 2 is 2.05 bits per heavy atom. The molecule has 1 heterocycles. The Morgan fingerprint density at radius 3 is 2.68 bits per heavy atom. The molecule has 0 aliphatic heterocycles. The molecule has 3 N–H and O–H groups in total. The fourth-order valence-electron chi connectivity index (χ4n) is 1.96. The molecule has 1 atom stereocenters. The Hall–Kier alpha value is -2.36. The van der Waals surface area contributed by atoms with Crippen molar-refractivity contribution in [1.82, 2.24) is 4.98 Å². The number of benzene rings is 1. The van der Waals surface area contributed by atoms with Crippen molar-refractivity contribution in [3.8, 4) is 0 Å². The number of nitrogens with two attached hydrogens (primary N) is 1. The average Bonchev–Trinajstić information content (AvgIpc) is 2.46. The Morgan fingerprint density at radius 1 is 1.32 bits per heavy atom. The number of nitrogens with zero attached hydrogens (tertiary/aromatic N) is 1. The Labute approximate surface area is 112 Å². The summed E-state index contributed by atoms with van der Waals surface area (Å²) in [5.74, 6) is -0.517. The van der Waals surface area contributed by atoms with E-state index in [1.54, 1.807) is 12.3 Å². The van der Waals surface area contributed by atoms with Gasteiger partial charge in [-0.25, -0.2) is 0 Å². The van der Waals surface area contributed by atoms with Gasteiger partial charge < -0.3 is 11.1 Å². The molecule has 4 nitrogen and oxygen atoms in total. The lowest BCUT2D eigenvalue weighted by atomic mass is 10.0. The highest BCUT2D eigenvalue weighted by Crippen LogP contribution is 2.22. The largest absolute Gasteiger partial charge is 0.378 e. The molecule has 0 radical (unpaired) electrons. The highest BCUT2D eigenvalue weighted by atomic mass is 16.1. The fourth-order valence-corrected chi connectivity index (χ4v) is 1.96. The molecule has 1 aromatic carbocycles. The van der Waals surface area contributed by atoms with Crippen LogP contribution in [0.15, 0.2) is 48.7 Å². The number of rotatable bonds is 5. The van der Waals surface area contributed by atoms with Crippen molar-refractivity contribution in [2.75, 3.05) is 5.32 Å². The van der Waals surface area contributed by atoms with Crippen molar-refractivity contribution in [2.45, 2.75) is 19.4 Å². The van der Waals surface area contributed by atoms with Crippen LogP contribution in [0.4, 0.5) is 5.69 Å². The normalized spacial score (nSPS) is 11.8. The number of amides is 1. The number of carbonyl (C=O) groups excluding carboxylic acids is 1. The van der Waals surface area contributed by atoms with Crippen LogP contribution in [0.2, 0.25) is 0 Å². The van der Waals surface area contributed by atoms with Gasteiger partial charge in [0.1, 0.15) is 5.69 Å². The van der Waals surface area contributed by atoms with Gasteiger partial charge in [0.05, 0.1) is 6.04 Å². The molecular formula is C15H17N3O. The van der Waals surface area contributed by atoms with Crippen LogP contribution in [0.3, 0.4) is 0 Å². The van der Waals surface area contributed by atoms with E-state index < -0.39 is 5.91 Å². The molecule has 0 saturated carbocycles. The van der Waals surface area contributed by atoms with Crippen LogP contribution in [0.1, 0.15) is 35.4 Å². The van der Waals surface area contributed by atoms with Gasteiger partial charge in [-0.05, 0) is 24.1 Å². The number of primary amides is 1. The van der Waals surface area contributed by atoms with Gasteiger partial charge in [-0.3, -0.25) is 9.78 Å². The number of hydrogen-bond acceptors (Lipinski definition) is 3. The van der Waals surface area contributed by atoms with Crippen molar-refractivity contribution in [3.63, 3.8) is 0 Å². The maximum Gasteiger partial charge on any atom is 0.267 e. The molecule has 0 spiro atoms. The molecule has 2 aromatic rings. The highest BCUT2D eigenvalue weighted by Gasteiger charge is 2.10. The molecule has 1 aromatic heterocycles. The lowest BCUT2D eigenvalue weighted by Crippen LogP contribution is -2.14. The molecule has 0 aliphatic carbocycles. The van der Waals surface area contributed by atoms with Crippen LogP contribution < -0.4 is 11.1 Å². The third kappa shape index (κ3) is 3.31. The van der Waals surface area contributed by atoms with Crippen LogP contribution in [0.5, 0.6) is 0 Å². The first-order valence-electron chi connectivity index (χ1n) is 6.28. The van der Waals surface area contributed by atoms with Gasteiger partial charge in [-0.1, -0.05) is 37.3 Å². The molecule has 1 unspecified atom stereocenters. The topological polar surface area (TPSA) is 68.0 Å². The van der Waals surface area contributed by atoms with Crippen molar-refractivity contribution in [3.05, 3.63) is 59.9 Å². The summed E-state index contributed by atoms with van der Waals surface area (Å²) >= 11 is 0. The predicted molar refractivity (Wildman–Crippen MR) is 75.9 cm³/mol. The fraction of sp³-hybridized carbons (Fsp3) is 0.200. The van der Waals surface area contributed by atoms with E-state index in [4.69, 9.17) is 5.73 Å². The number of pyridine rings is 1. The zero-order valence-corrected chi connectivity index (χ0v) is 10.8. The Balaban J connectivity index is 2.19. The second-order valence-electron chi connectivity index (χ2n) is 4.31. The van der Waals surface area contributed by atoms with E-state index in [0.29, 0.717) is 0 Å². The third-order valence-corrected chi connectivity index (χ3v) is 2.96. The molecule has 4 heteroatoms. The number of nitrogens with one attached hydrogen (secondary N) is 1. The standard InChI is InChI=1S/C15H17N3O/c1-2-13(11-6-4-3-5-7-11)18-12-8-9-17-14(10-12)15(16)19/h3-10,13H,2H2,1H3,(H2,16,19)(H,17,18). The molecule has 0 aliphatic rings. The van der Waals surface area contributed by atoms with Gasteiger partial charge in [0, 0.05) is 11.9 Å². The quantitative estimate of drug-likeness (QED) is 0.863. The summed E-state index contributed by atoms with van der Waals surface area (Å²) < 4.78 is 0. The summed E-state index contributed by atoms with van der Waals surface area (Å²) in [6.07, 6.45) is 2.53. The second kappa shape index (κ2) is 6.00. The highest BCUT2D eigenvalue weighted by molar-refractivity contribution is 5.91. The van der Waals surface area contributed by atoms with Crippen LogP contribution in [-0.4, -0.2) is 10.9 Å². The van der Waals surface area contributed by atoms with E-state index >= 15 is 0 Å². The van der Waals surface area contributed by atoms with Crippen molar-refractivity contribution in [2.24, 2.45) is 5.73 Å². The summed E-state index contributed by atoms with van der Waals surface area (Å²) in [6, 6.07) is 13.9. The zero-order chi connectivity index (χ0) is 13.7. The van der Waals surface area contributed by atoms with Gasteiger partial charge in [0.2, 0.25) is 0 Å².